The van der Waals surface area contributed by atoms with Crippen molar-refractivity contribution < 1.29 is 4.79 Å². The number of rotatable bonds is 4. The second-order valence-corrected chi connectivity index (χ2v) is 7.76. The largest absolute Gasteiger partial charge is 0.346 e. The van der Waals surface area contributed by atoms with Gasteiger partial charge in [0.25, 0.3) is 5.91 Å². The fraction of sp³-hybridized carbons (Fsp3) is 0.556. The van der Waals surface area contributed by atoms with E-state index in [0.29, 0.717) is 5.69 Å². The van der Waals surface area contributed by atoms with E-state index in [4.69, 9.17) is 0 Å². The number of aryl methyl sites for hydroxylation is 1. The molecule has 2 rings (SSSR count). The standard InChI is InChI=1S/C18H27N3O/c1-7-13-15(21-11-9-8-10-14(21)19-13)16(22)20-18(5,6)12-17(2,3)4/h8-11H,7,12H2,1-6H3,(H,20,22). The van der Waals surface area contributed by atoms with Crippen LogP contribution >= 0.6 is 0 Å². The highest BCUT2D eigenvalue weighted by Gasteiger charge is 2.29. The number of amides is 1. The number of carbonyl (C=O) groups is 1. The second kappa shape index (κ2) is 5.75. The van der Waals surface area contributed by atoms with Gasteiger partial charge >= 0.3 is 0 Å². The highest BCUT2D eigenvalue weighted by Crippen LogP contribution is 2.27. The maximum absolute atomic E-state index is 12.8. The molecule has 0 fully saturated rings. The number of hydrogen-bond acceptors (Lipinski definition) is 2. The Bertz CT molecular complexity index is 677. The average molecular weight is 301 g/mol. The van der Waals surface area contributed by atoms with E-state index in [1.54, 1.807) is 0 Å². The van der Waals surface area contributed by atoms with Gasteiger partial charge in [-0.05, 0) is 44.2 Å². The number of carbonyl (C=O) groups excluding carboxylic acids is 1. The summed E-state index contributed by atoms with van der Waals surface area (Å²) in [6.07, 6.45) is 3.54. The lowest BCUT2D eigenvalue weighted by atomic mass is 9.82. The van der Waals surface area contributed by atoms with E-state index < -0.39 is 0 Å². The molecular formula is C18H27N3O. The summed E-state index contributed by atoms with van der Waals surface area (Å²) in [4.78, 5) is 17.4. The van der Waals surface area contributed by atoms with Crippen molar-refractivity contribution >= 4 is 11.6 Å². The molecule has 0 spiro atoms. The summed E-state index contributed by atoms with van der Waals surface area (Å²) >= 11 is 0. The monoisotopic (exact) mass is 301 g/mol. The molecule has 0 aliphatic heterocycles. The summed E-state index contributed by atoms with van der Waals surface area (Å²) in [6.45, 7) is 12.7. The Balaban J connectivity index is 2.34. The third-order valence-corrected chi connectivity index (χ3v) is 3.58. The minimum Gasteiger partial charge on any atom is -0.346 e. The SMILES string of the molecule is CCc1nc2ccccn2c1C(=O)NC(C)(C)CC(C)(C)C. The summed E-state index contributed by atoms with van der Waals surface area (Å²) in [5.41, 5.74) is 2.21. The number of nitrogens with one attached hydrogen (secondary N) is 1. The molecular weight excluding hydrogens is 274 g/mol. The molecule has 0 saturated heterocycles. The van der Waals surface area contributed by atoms with Gasteiger partial charge in [-0.3, -0.25) is 9.20 Å². The van der Waals surface area contributed by atoms with Crippen molar-refractivity contribution in [1.82, 2.24) is 14.7 Å². The molecule has 0 radical (unpaired) electrons. The molecule has 0 aromatic carbocycles. The van der Waals surface area contributed by atoms with Gasteiger partial charge in [-0.25, -0.2) is 4.98 Å². The van der Waals surface area contributed by atoms with E-state index >= 15 is 0 Å². The van der Waals surface area contributed by atoms with Crippen LogP contribution in [0.3, 0.4) is 0 Å². The van der Waals surface area contributed by atoms with Crippen LogP contribution < -0.4 is 5.32 Å². The quantitative estimate of drug-likeness (QED) is 0.932. The van der Waals surface area contributed by atoms with Crippen molar-refractivity contribution in [1.29, 1.82) is 0 Å². The molecule has 0 unspecified atom stereocenters. The summed E-state index contributed by atoms with van der Waals surface area (Å²) in [5.74, 6) is -0.0511. The zero-order chi connectivity index (χ0) is 16.5. The van der Waals surface area contributed by atoms with Crippen LogP contribution in [0.25, 0.3) is 5.65 Å². The molecule has 2 aromatic rings. The van der Waals surface area contributed by atoms with Crippen LogP contribution in [0.2, 0.25) is 0 Å². The number of fused-ring (bicyclic) bond motifs is 1. The topological polar surface area (TPSA) is 46.4 Å². The van der Waals surface area contributed by atoms with Crippen LogP contribution in [-0.2, 0) is 6.42 Å². The van der Waals surface area contributed by atoms with Crippen molar-refractivity contribution in [3.05, 3.63) is 35.8 Å². The van der Waals surface area contributed by atoms with Crippen LogP contribution in [0.4, 0.5) is 0 Å². The Morgan fingerprint density at radius 1 is 1.23 bits per heavy atom. The number of hydrogen-bond donors (Lipinski definition) is 1. The summed E-state index contributed by atoms with van der Waals surface area (Å²) in [5, 5.41) is 3.18. The fourth-order valence-corrected chi connectivity index (χ4v) is 3.27. The molecule has 120 valence electrons. The Kier molecular flexibility index (Phi) is 4.32. The first-order chi connectivity index (χ1) is 10.1. The summed E-state index contributed by atoms with van der Waals surface area (Å²) in [7, 11) is 0. The molecule has 0 aliphatic carbocycles. The molecule has 1 amide bonds. The maximum Gasteiger partial charge on any atom is 0.270 e. The molecule has 0 saturated carbocycles. The molecule has 2 aromatic heterocycles. The molecule has 0 atom stereocenters. The third-order valence-electron chi connectivity index (χ3n) is 3.58. The second-order valence-electron chi connectivity index (χ2n) is 7.76. The van der Waals surface area contributed by atoms with Crippen molar-refractivity contribution in [3.8, 4) is 0 Å². The van der Waals surface area contributed by atoms with Gasteiger partial charge in [-0.15, -0.1) is 0 Å². The van der Waals surface area contributed by atoms with Gasteiger partial charge in [-0.1, -0.05) is 33.8 Å². The predicted octanol–water partition coefficient (Wildman–Crippen LogP) is 3.84. The van der Waals surface area contributed by atoms with Crippen LogP contribution in [-0.4, -0.2) is 20.8 Å². The first-order valence-electron chi connectivity index (χ1n) is 7.91. The highest BCUT2D eigenvalue weighted by molar-refractivity contribution is 5.95. The van der Waals surface area contributed by atoms with Gasteiger partial charge in [0.1, 0.15) is 11.3 Å². The van der Waals surface area contributed by atoms with Crippen molar-refractivity contribution in [2.24, 2.45) is 5.41 Å². The predicted molar refractivity (Wildman–Crippen MR) is 90.2 cm³/mol. The van der Waals surface area contributed by atoms with Gasteiger partial charge in [-0.2, -0.15) is 0 Å². The van der Waals surface area contributed by atoms with E-state index in [0.717, 1.165) is 24.2 Å². The van der Waals surface area contributed by atoms with Crippen LogP contribution in [0.15, 0.2) is 24.4 Å². The minimum absolute atomic E-state index is 0.0511. The van der Waals surface area contributed by atoms with E-state index in [9.17, 15) is 4.79 Å². The van der Waals surface area contributed by atoms with E-state index in [1.807, 2.05) is 35.7 Å². The zero-order valence-electron chi connectivity index (χ0n) is 14.5. The van der Waals surface area contributed by atoms with Gasteiger partial charge in [0.05, 0.1) is 5.69 Å². The van der Waals surface area contributed by atoms with Gasteiger partial charge in [0.15, 0.2) is 0 Å². The smallest absolute Gasteiger partial charge is 0.270 e. The minimum atomic E-state index is -0.265. The average Bonchev–Trinajstić information content (AvgIpc) is 2.73. The van der Waals surface area contributed by atoms with Crippen molar-refractivity contribution in [3.63, 3.8) is 0 Å². The summed E-state index contributed by atoms with van der Waals surface area (Å²) in [6, 6.07) is 5.79. The Morgan fingerprint density at radius 2 is 1.91 bits per heavy atom. The lowest BCUT2D eigenvalue weighted by molar-refractivity contribution is 0.0884. The Hall–Kier alpha value is -1.84. The molecule has 2 heterocycles. The van der Waals surface area contributed by atoms with Gasteiger partial charge in [0.2, 0.25) is 0 Å². The van der Waals surface area contributed by atoms with Gasteiger partial charge < -0.3 is 5.32 Å². The molecule has 1 N–H and O–H groups in total. The van der Waals surface area contributed by atoms with Crippen LogP contribution in [0, 0.1) is 5.41 Å². The zero-order valence-corrected chi connectivity index (χ0v) is 14.5. The highest BCUT2D eigenvalue weighted by atomic mass is 16.2. The van der Waals surface area contributed by atoms with Crippen LogP contribution in [0.1, 0.15) is 64.1 Å². The van der Waals surface area contributed by atoms with E-state index in [1.165, 1.54) is 0 Å². The molecule has 0 aliphatic rings. The first-order valence-corrected chi connectivity index (χ1v) is 7.91. The number of aromatic nitrogens is 2. The normalized spacial score (nSPS) is 12.6. The number of imidazole rings is 1. The van der Waals surface area contributed by atoms with E-state index in [-0.39, 0.29) is 16.9 Å². The number of nitrogens with zero attached hydrogens (tertiary/aromatic N) is 2. The van der Waals surface area contributed by atoms with Crippen molar-refractivity contribution in [2.45, 2.75) is 59.9 Å². The molecule has 4 heteroatoms. The first kappa shape index (κ1) is 16.5. The molecule has 22 heavy (non-hydrogen) atoms. The number of pyridine rings is 1. The Morgan fingerprint density at radius 3 is 2.50 bits per heavy atom. The summed E-state index contributed by atoms with van der Waals surface area (Å²) < 4.78 is 1.88. The van der Waals surface area contributed by atoms with Crippen molar-refractivity contribution in [2.75, 3.05) is 0 Å². The Labute approximate surface area is 132 Å². The molecule has 0 bridgehead atoms. The lowest BCUT2D eigenvalue weighted by Crippen LogP contribution is -2.46. The fourth-order valence-electron chi connectivity index (χ4n) is 3.27. The van der Waals surface area contributed by atoms with Gasteiger partial charge in [0, 0.05) is 11.7 Å². The molecule has 4 nitrogen and oxygen atoms in total. The lowest BCUT2D eigenvalue weighted by Gasteiger charge is -2.33. The van der Waals surface area contributed by atoms with Crippen LogP contribution in [0.5, 0.6) is 0 Å². The third kappa shape index (κ3) is 3.67. The van der Waals surface area contributed by atoms with E-state index in [2.05, 4.69) is 44.9 Å². The maximum atomic E-state index is 12.8.